The first kappa shape index (κ1) is 22.0. The van der Waals surface area contributed by atoms with Gasteiger partial charge in [0.1, 0.15) is 16.5 Å². The molecule has 0 aliphatic heterocycles. The zero-order chi connectivity index (χ0) is 21.8. The molecule has 1 aliphatic carbocycles. The third kappa shape index (κ3) is 6.13. The quantitative estimate of drug-likeness (QED) is 0.350. The van der Waals surface area contributed by atoms with E-state index < -0.39 is 6.36 Å². The molecule has 1 heterocycles. The van der Waals surface area contributed by atoms with Gasteiger partial charge in [0, 0.05) is 10.5 Å². The van der Waals surface area contributed by atoms with Crippen LogP contribution in [0.1, 0.15) is 36.3 Å². The molecule has 164 valence electrons. The van der Waals surface area contributed by atoms with Gasteiger partial charge in [0.25, 0.3) is 0 Å². The summed E-state index contributed by atoms with van der Waals surface area (Å²) in [7, 11) is 0. The number of rotatable bonds is 7. The molecule has 0 spiro atoms. The number of halogens is 3. The lowest BCUT2D eigenvalue weighted by Gasteiger charge is -2.15. The highest BCUT2D eigenvalue weighted by atomic mass is 32.2. The van der Waals surface area contributed by atoms with Crippen LogP contribution in [0.3, 0.4) is 0 Å². The van der Waals surface area contributed by atoms with Crippen molar-refractivity contribution >= 4 is 23.3 Å². The molecule has 0 unspecified atom stereocenters. The number of alkyl halides is 3. The predicted molar refractivity (Wildman–Crippen MR) is 116 cm³/mol. The minimum atomic E-state index is -4.70. The van der Waals surface area contributed by atoms with Gasteiger partial charge < -0.3 is 9.47 Å². The van der Waals surface area contributed by atoms with Crippen LogP contribution < -0.4 is 9.47 Å². The Balaban J connectivity index is 1.34. The highest BCUT2D eigenvalue weighted by Crippen LogP contribution is 2.32. The fourth-order valence-corrected chi connectivity index (χ4v) is 5.04. The Kier molecular flexibility index (Phi) is 6.71. The number of hydrogen-bond acceptors (Lipinski definition) is 6. The Hall–Kier alpha value is -2.26. The predicted octanol–water partition coefficient (Wildman–Crippen LogP) is 7.03. The number of ether oxygens (including phenoxy) is 2. The van der Waals surface area contributed by atoms with Crippen LogP contribution in [0.2, 0.25) is 0 Å². The first-order valence-electron chi connectivity index (χ1n) is 9.94. The highest BCUT2D eigenvalue weighted by Gasteiger charge is 2.31. The average molecular weight is 467 g/mol. The van der Waals surface area contributed by atoms with Gasteiger partial charge in [0.2, 0.25) is 0 Å². The van der Waals surface area contributed by atoms with Gasteiger partial charge in [0.15, 0.2) is 5.82 Å². The Morgan fingerprint density at radius 1 is 1.10 bits per heavy atom. The standard InChI is InChI=1S/C22H21F3N2O2S2/c1-14-12-18(10-11-19(14)28-16-4-2-3-5-16)30-13-20-26-21(27-31-20)15-6-8-17(9-7-15)29-22(23,24)25/h6-12,16H,2-5,13H2,1H3. The lowest BCUT2D eigenvalue weighted by molar-refractivity contribution is -0.274. The summed E-state index contributed by atoms with van der Waals surface area (Å²) in [6.07, 6.45) is 0.385. The number of nitrogens with zero attached hydrogens (tertiary/aromatic N) is 2. The van der Waals surface area contributed by atoms with Crippen LogP contribution in [0.15, 0.2) is 47.4 Å². The van der Waals surface area contributed by atoms with Crippen LogP contribution in [0.5, 0.6) is 11.5 Å². The second-order valence-electron chi connectivity index (χ2n) is 7.32. The molecule has 1 aromatic heterocycles. The SMILES string of the molecule is Cc1cc(SCc2nc(-c3ccc(OC(F)(F)F)cc3)ns2)ccc1OC1CCCC1. The lowest BCUT2D eigenvalue weighted by Crippen LogP contribution is -2.16. The Bertz CT molecular complexity index is 1020. The molecule has 2 aromatic carbocycles. The van der Waals surface area contributed by atoms with E-state index in [0.717, 1.165) is 34.1 Å². The normalized spacial score (nSPS) is 14.7. The van der Waals surface area contributed by atoms with E-state index in [4.69, 9.17) is 4.74 Å². The van der Waals surface area contributed by atoms with Crippen molar-refractivity contribution in [1.29, 1.82) is 0 Å². The second kappa shape index (κ2) is 9.48. The van der Waals surface area contributed by atoms with Gasteiger partial charge in [0.05, 0.1) is 11.9 Å². The monoisotopic (exact) mass is 466 g/mol. The summed E-state index contributed by atoms with van der Waals surface area (Å²) in [5.74, 6) is 1.84. The number of benzene rings is 2. The average Bonchev–Trinajstić information content (AvgIpc) is 3.40. The van der Waals surface area contributed by atoms with Crippen molar-refractivity contribution in [1.82, 2.24) is 9.36 Å². The fourth-order valence-electron chi connectivity index (χ4n) is 3.41. The molecular formula is C22H21F3N2O2S2. The van der Waals surface area contributed by atoms with E-state index in [1.54, 1.807) is 11.8 Å². The van der Waals surface area contributed by atoms with Crippen LogP contribution in [-0.4, -0.2) is 21.8 Å². The van der Waals surface area contributed by atoms with E-state index in [-0.39, 0.29) is 5.75 Å². The maximum atomic E-state index is 12.3. The minimum Gasteiger partial charge on any atom is -0.490 e. The first-order chi connectivity index (χ1) is 14.9. The summed E-state index contributed by atoms with van der Waals surface area (Å²) in [5, 5.41) is 0.847. The van der Waals surface area contributed by atoms with Gasteiger partial charge in [-0.1, -0.05) is 0 Å². The van der Waals surface area contributed by atoms with E-state index in [1.807, 2.05) is 6.07 Å². The first-order valence-corrected chi connectivity index (χ1v) is 11.7. The van der Waals surface area contributed by atoms with Crippen molar-refractivity contribution < 1.29 is 22.6 Å². The van der Waals surface area contributed by atoms with Crippen molar-refractivity contribution in [3.05, 3.63) is 53.0 Å². The van der Waals surface area contributed by atoms with E-state index in [9.17, 15) is 13.2 Å². The zero-order valence-corrected chi connectivity index (χ0v) is 18.4. The van der Waals surface area contributed by atoms with Crippen LogP contribution in [0, 0.1) is 6.92 Å². The molecule has 0 bridgehead atoms. The molecule has 1 aliphatic rings. The molecule has 0 amide bonds. The third-order valence-corrected chi connectivity index (χ3v) is 6.82. The molecule has 31 heavy (non-hydrogen) atoms. The van der Waals surface area contributed by atoms with Gasteiger partial charge in [-0.25, -0.2) is 4.98 Å². The second-order valence-corrected chi connectivity index (χ2v) is 9.21. The Morgan fingerprint density at radius 2 is 1.84 bits per heavy atom. The van der Waals surface area contributed by atoms with E-state index in [1.165, 1.54) is 48.6 Å². The molecule has 4 rings (SSSR count). The molecule has 9 heteroatoms. The van der Waals surface area contributed by atoms with Crippen molar-refractivity contribution in [3.8, 4) is 22.9 Å². The Morgan fingerprint density at radius 3 is 2.52 bits per heavy atom. The van der Waals surface area contributed by atoms with Gasteiger partial charge in [-0.2, -0.15) is 4.37 Å². The summed E-state index contributed by atoms with van der Waals surface area (Å²) in [6, 6.07) is 11.8. The summed E-state index contributed by atoms with van der Waals surface area (Å²) in [5.41, 5.74) is 1.77. The topological polar surface area (TPSA) is 44.2 Å². The summed E-state index contributed by atoms with van der Waals surface area (Å²) in [6.45, 7) is 2.06. The van der Waals surface area contributed by atoms with Crippen molar-refractivity contribution in [2.45, 2.75) is 55.7 Å². The van der Waals surface area contributed by atoms with Crippen molar-refractivity contribution in [2.24, 2.45) is 0 Å². The van der Waals surface area contributed by atoms with Crippen molar-refractivity contribution in [2.75, 3.05) is 0 Å². The van der Waals surface area contributed by atoms with Crippen LogP contribution in [0.4, 0.5) is 13.2 Å². The maximum absolute atomic E-state index is 12.3. The van der Waals surface area contributed by atoms with Crippen LogP contribution in [0.25, 0.3) is 11.4 Å². The summed E-state index contributed by atoms with van der Waals surface area (Å²) < 4.78 is 51.2. The number of hydrogen-bond donors (Lipinski definition) is 0. The fraction of sp³-hybridized carbons (Fsp3) is 0.364. The lowest BCUT2D eigenvalue weighted by atomic mass is 10.2. The number of aryl methyl sites for hydroxylation is 1. The van der Waals surface area contributed by atoms with Gasteiger partial charge in [-0.05, 0) is 92.2 Å². The molecule has 4 nitrogen and oxygen atoms in total. The smallest absolute Gasteiger partial charge is 0.490 e. The highest BCUT2D eigenvalue weighted by molar-refractivity contribution is 7.98. The van der Waals surface area contributed by atoms with E-state index in [0.29, 0.717) is 23.2 Å². The van der Waals surface area contributed by atoms with E-state index in [2.05, 4.69) is 33.2 Å². The number of aromatic nitrogens is 2. The molecular weight excluding hydrogens is 445 g/mol. The molecule has 0 radical (unpaired) electrons. The molecule has 0 atom stereocenters. The summed E-state index contributed by atoms with van der Waals surface area (Å²) in [4.78, 5) is 5.63. The zero-order valence-electron chi connectivity index (χ0n) is 16.8. The molecule has 1 saturated carbocycles. The minimum absolute atomic E-state index is 0.266. The molecule has 0 saturated heterocycles. The molecule has 0 N–H and O–H groups in total. The van der Waals surface area contributed by atoms with Gasteiger partial charge >= 0.3 is 6.36 Å². The van der Waals surface area contributed by atoms with E-state index >= 15 is 0 Å². The van der Waals surface area contributed by atoms with Gasteiger partial charge in [-0.3, -0.25) is 0 Å². The number of thioether (sulfide) groups is 1. The van der Waals surface area contributed by atoms with Crippen LogP contribution >= 0.6 is 23.3 Å². The van der Waals surface area contributed by atoms with Gasteiger partial charge in [-0.15, -0.1) is 24.9 Å². The molecule has 3 aromatic rings. The van der Waals surface area contributed by atoms with Crippen LogP contribution in [-0.2, 0) is 5.75 Å². The largest absolute Gasteiger partial charge is 0.573 e. The van der Waals surface area contributed by atoms with Crippen molar-refractivity contribution in [3.63, 3.8) is 0 Å². The third-order valence-electron chi connectivity index (χ3n) is 4.92. The maximum Gasteiger partial charge on any atom is 0.573 e. The summed E-state index contributed by atoms with van der Waals surface area (Å²) >= 11 is 2.95. The molecule has 1 fully saturated rings. The Labute approximate surface area is 187 Å².